The van der Waals surface area contributed by atoms with Crippen LogP contribution in [0.3, 0.4) is 0 Å². The fraction of sp³-hybridized carbons (Fsp3) is 0.0500. The zero-order chi connectivity index (χ0) is 16.9. The smallest absolute Gasteiger partial charge is 0.200 e. The number of hydrogen-bond acceptors (Lipinski definition) is 2. The second-order valence-electron chi connectivity index (χ2n) is 5.23. The molecule has 0 spiro atoms. The number of benzene rings is 3. The Bertz CT molecular complexity index is 845. The number of ether oxygens (including phenoxy) is 1. The molecule has 0 N–H and O–H groups in total. The predicted octanol–water partition coefficient (Wildman–Crippen LogP) is 6.03. The fourth-order valence-corrected chi connectivity index (χ4v) is 3.03. The highest BCUT2D eigenvalue weighted by molar-refractivity contribution is 9.10. The van der Waals surface area contributed by atoms with E-state index in [0.717, 1.165) is 15.6 Å². The van der Waals surface area contributed by atoms with Crippen molar-refractivity contribution in [1.82, 2.24) is 0 Å². The molecule has 0 heterocycles. The van der Waals surface area contributed by atoms with Gasteiger partial charge in [-0.05, 0) is 29.3 Å². The molecule has 0 aliphatic rings. The normalized spacial score (nSPS) is 10.4. The molecule has 4 heteroatoms. The first kappa shape index (κ1) is 16.7. The lowest BCUT2D eigenvalue weighted by Gasteiger charge is -2.08. The maximum atomic E-state index is 12.3. The molecule has 3 aromatic rings. The Balaban J connectivity index is 1.67. The van der Waals surface area contributed by atoms with Gasteiger partial charge in [-0.2, -0.15) is 0 Å². The molecular weight excluding hydrogens is 388 g/mol. The van der Waals surface area contributed by atoms with E-state index in [4.69, 9.17) is 16.3 Å². The molecule has 0 aromatic heterocycles. The summed E-state index contributed by atoms with van der Waals surface area (Å²) in [7, 11) is 0. The zero-order valence-electron chi connectivity index (χ0n) is 12.7. The molecule has 0 atom stereocenters. The average Bonchev–Trinajstić information content (AvgIpc) is 2.62. The van der Waals surface area contributed by atoms with Crippen molar-refractivity contribution >= 4 is 33.3 Å². The van der Waals surface area contributed by atoms with Gasteiger partial charge >= 0.3 is 0 Å². The number of ketones is 1. The van der Waals surface area contributed by atoms with E-state index >= 15 is 0 Å². The molecule has 0 radical (unpaired) electrons. The second kappa shape index (κ2) is 7.65. The highest BCUT2D eigenvalue weighted by atomic mass is 79.9. The van der Waals surface area contributed by atoms with Crippen molar-refractivity contribution in [3.63, 3.8) is 0 Å². The van der Waals surface area contributed by atoms with Crippen molar-refractivity contribution in [3.05, 3.63) is 87.9 Å². The van der Waals surface area contributed by atoms with E-state index in [1.807, 2.05) is 60.7 Å². The van der Waals surface area contributed by atoms with Gasteiger partial charge < -0.3 is 4.74 Å². The van der Waals surface area contributed by atoms with Crippen LogP contribution in [0.5, 0.6) is 5.75 Å². The number of hydrogen-bond donors (Lipinski definition) is 0. The van der Waals surface area contributed by atoms with Crippen LogP contribution in [0.15, 0.2) is 77.3 Å². The number of halogens is 2. The molecule has 120 valence electrons. The summed E-state index contributed by atoms with van der Waals surface area (Å²) in [6.07, 6.45) is 0. The van der Waals surface area contributed by atoms with Crippen LogP contribution >= 0.6 is 27.5 Å². The van der Waals surface area contributed by atoms with Crippen LogP contribution in [-0.4, -0.2) is 12.4 Å². The summed E-state index contributed by atoms with van der Waals surface area (Å²) >= 11 is 9.41. The van der Waals surface area contributed by atoms with Crippen molar-refractivity contribution in [1.29, 1.82) is 0 Å². The van der Waals surface area contributed by atoms with E-state index in [1.165, 1.54) is 0 Å². The van der Waals surface area contributed by atoms with Gasteiger partial charge in [0.2, 0.25) is 0 Å². The molecule has 3 rings (SSSR count). The molecule has 2 nitrogen and oxygen atoms in total. The zero-order valence-corrected chi connectivity index (χ0v) is 15.0. The van der Waals surface area contributed by atoms with Crippen LogP contribution in [0, 0.1) is 0 Å². The van der Waals surface area contributed by atoms with Gasteiger partial charge in [-0.3, -0.25) is 4.79 Å². The van der Waals surface area contributed by atoms with Gasteiger partial charge in [0.05, 0.1) is 5.02 Å². The Morgan fingerprint density at radius 1 is 0.917 bits per heavy atom. The fourth-order valence-electron chi connectivity index (χ4n) is 2.30. The molecule has 0 saturated carbocycles. The van der Waals surface area contributed by atoms with E-state index in [0.29, 0.717) is 16.3 Å². The third kappa shape index (κ3) is 4.05. The van der Waals surface area contributed by atoms with Crippen molar-refractivity contribution < 1.29 is 9.53 Å². The average molecular weight is 402 g/mol. The van der Waals surface area contributed by atoms with Crippen molar-refractivity contribution in [2.24, 2.45) is 0 Å². The van der Waals surface area contributed by atoms with Gasteiger partial charge in [-0.1, -0.05) is 82.1 Å². The summed E-state index contributed by atoms with van der Waals surface area (Å²) < 4.78 is 6.38. The van der Waals surface area contributed by atoms with Gasteiger partial charge in [0, 0.05) is 10.0 Å². The van der Waals surface area contributed by atoms with Crippen molar-refractivity contribution in [3.8, 4) is 16.9 Å². The molecular formula is C20H14BrClO2. The van der Waals surface area contributed by atoms with E-state index in [2.05, 4.69) is 15.9 Å². The van der Waals surface area contributed by atoms with E-state index in [-0.39, 0.29) is 12.4 Å². The van der Waals surface area contributed by atoms with Gasteiger partial charge in [0.25, 0.3) is 0 Å². The van der Waals surface area contributed by atoms with Crippen LogP contribution in [0.4, 0.5) is 0 Å². The van der Waals surface area contributed by atoms with Crippen LogP contribution in [0.25, 0.3) is 11.1 Å². The molecule has 0 saturated heterocycles. The minimum atomic E-state index is -0.0893. The lowest BCUT2D eigenvalue weighted by molar-refractivity contribution is 0.0921. The van der Waals surface area contributed by atoms with Gasteiger partial charge in [0.1, 0.15) is 5.75 Å². The Kier molecular flexibility index (Phi) is 5.34. The lowest BCUT2D eigenvalue weighted by Crippen LogP contribution is -2.11. The molecule has 0 aliphatic carbocycles. The molecule has 0 aliphatic heterocycles. The summed E-state index contributed by atoms with van der Waals surface area (Å²) in [5, 5.41) is 0.469. The van der Waals surface area contributed by atoms with Crippen LogP contribution in [0.1, 0.15) is 10.4 Å². The van der Waals surface area contributed by atoms with Gasteiger partial charge in [0.15, 0.2) is 12.4 Å². The summed E-state index contributed by atoms with van der Waals surface area (Å²) in [4.78, 5) is 12.3. The number of carbonyl (C=O) groups excluding carboxylic acids is 1. The largest absolute Gasteiger partial charge is 0.484 e. The minimum absolute atomic E-state index is 0.0496. The second-order valence-corrected chi connectivity index (χ2v) is 6.55. The first-order valence-electron chi connectivity index (χ1n) is 7.40. The monoisotopic (exact) mass is 400 g/mol. The van der Waals surface area contributed by atoms with Crippen molar-refractivity contribution in [2.75, 3.05) is 6.61 Å². The Labute approximate surface area is 154 Å². The van der Waals surface area contributed by atoms with Gasteiger partial charge in [-0.25, -0.2) is 0 Å². The first-order chi connectivity index (χ1) is 11.6. The summed E-state index contributed by atoms with van der Waals surface area (Å²) in [6.45, 7) is -0.0496. The van der Waals surface area contributed by atoms with E-state index in [1.54, 1.807) is 12.1 Å². The topological polar surface area (TPSA) is 26.3 Å². The molecule has 0 fully saturated rings. The van der Waals surface area contributed by atoms with E-state index < -0.39 is 0 Å². The van der Waals surface area contributed by atoms with Crippen LogP contribution in [0.2, 0.25) is 5.02 Å². The standard InChI is InChI=1S/C20H14BrClO2/c21-17-10-11-20(18(22)12-17)24-13-19(23)16-8-6-15(7-9-16)14-4-2-1-3-5-14/h1-12H,13H2. The Morgan fingerprint density at radius 2 is 1.58 bits per heavy atom. The number of Topliss-reactive ketones (excluding diaryl/α,β-unsaturated/α-hetero) is 1. The maximum Gasteiger partial charge on any atom is 0.200 e. The molecule has 0 amide bonds. The number of rotatable bonds is 5. The first-order valence-corrected chi connectivity index (χ1v) is 8.57. The molecule has 3 aromatic carbocycles. The summed E-state index contributed by atoms with van der Waals surface area (Å²) in [5.41, 5.74) is 2.81. The Morgan fingerprint density at radius 3 is 2.25 bits per heavy atom. The highest BCUT2D eigenvalue weighted by Gasteiger charge is 2.09. The Hall–Kier alpha value is -2.10. The van der Waals surface area contributed by atoms with Crippen LogP contribution in [-0.2, 0) is 0 Å². The maximum absolute atomic E-state index is 12.3. The third-order valence-electron chi connectivity index (χ3n) is 3.57. The van der Waals surface area contributed by atoms with Crippen LogP contribution < -0.4 is 4.74 Å². The lowest BCUT2D eigenvalue weighted by atomic mass is 10.0. The minimum Gasteiger partial charge on any atom is -0.484 e. The van der Waals surface area contributed by atoms with Crippen molar-refractivity contribution in [2.45, 2.75) is 0 Å². The summed E-state index contributed by atoms with van der Waals surface area (Å²) in [5.74, 6) is 0.405. The SMILES string of the molecule is O=C(COc1ccc(Br)cc1Cl)c1ccc(-c2ccccc2)cc1. The van der Waals surface area contributed by atoms with Gasteiger partial charge in [-0.15, -0.1) is 0 Å². The molecule has 24 heavy (non-hydrogen) atoms. The quantitative estimate of drug-likeness (QED) is 0.488. The predicted molar refractivity (Wildman–Crippen MR) is 101 cm³/mol. The molecule has 0 unspecified atom stereocenters. The number of carbonyl (C=O) groups is 1. The molecule has 0 bridgehead atoms. The highest BCUT2D eigenvalue weighted by Crippen LogP contribution is 2.28. The van der Waals surface area contributed by atoms with E-state index in [9.17, 15) is 4.79 Å². The summed E-state index contributed by atoms with van der Waals surface area (Å²) in [6, 6.07) is 22.8. The third-order valence-corrected chi connectivity index (χ3v) is 4.36.